The molecule has 2 aromatic rings. The molecule has 1 saturated heterocycles. The Labute approximate surface area is 200 Å². The van der Waals surface area contributed by atoms with Crippen LogP contribution in [0.1, 0.15) is 54.4 Å². The van der Waals surface area contributed by atoms with Crippen LogP contribution in [0.3, 0.4) is 0 Å². The zero-order chi connectivity index (χ0) is 23.9. The number of hydrogen-bond donors (Lipinski definition) is 2. The Kier molecular flexibility index (Phi) is 7.93. The van der Waals surface area contributed by atoms with E-state index in [4.69, 9.17) is 4.74 Å². The van der Waals surface area contributed by atoms with Crippen LogP contribution in [0.25, 0.3) is 0 Å². The number of benzene rings is 2. The van der Waals surface area contributed by atoms with Gasteiger partial charge < -0.3 is 24.7 Å². The Morgan fingerprint density at radius 2 is 1.56 bits per heavy atom. The molecule has 0 aromatic heterocycles. The maximum atomic E-state index is 13.0. The van der Waals surface area contributed by atoms with Crippen molar-refractivity contribution in [2.75, 3.05) is 32.8 Å². The average molecular weight is 467 g/mol. The second-order valence-corrected chi connectivity index (χ2v) is 9.38. The summed E-state index contributed by atoms with van der Waals surface area (Å²) in [5, 5.41) is 19.2. The van der Waals surface area contributed by atoms with E-state index in [-0.39, 0.29) is 29.7 Å². The quantitative estimate of drug-likeness (QED) is 0.644. The molecular weight excluding hydrogens is 432 g/mol. The van der Waals surface area contributed by atoms with Crippen LogP contribution in [0, 0.1) is 5.92 Å². The van der Waals surface area contributed by atoms with Crippen molar-refractivity contribution in [2.45, 2.75) is 44.9 Å². The Morgan fingerprint density at radius 1 is 0.882 bits per heavy atom. The van der Waals surface area contributed by atoms with Crippen LogP contribution >= 0.6 is 0 Å². The summed E-state index contributed by atoms with van der Waals surface area (Å²) < 4.78 is 5.95. The second-order valence-electron chi connectivity index (χ2n) is 9.38. The fraction of sp³-hybridized carbons (Fsp3) is 0.481. The lowest BCUT2D eigenvalue weighted by Crippen LogP contribution is -2.51. The summed E-state index contributed by atoms with van der Waals surface area (Å²) in [5.41, 5.74) is 1.16. The molecule has 1 aliphatic carbocycles. The molecule has 1 saturated carbocycles. The summed E-state index contributed by atoms with van der Waals surface area (Å²) in [4.78, 5) is 29.2. The second kappa shape index (κ2) is 11.3. The van der Waals surface area contributed by atoms with Gasteiger partial charge in [-0.1, -0.05) is 38.2 Å². The normalized spacial score (nSPS) is 16.9. The third kappa shape index (κ3) is 6.43. The van der Waals surface area contributed by atoms with Crippen LogP contribution in [-0.2, 0) is 11.2 Å². The summed E-state index contributed by atoms with van der Waals surface area (Å²) in [6, 6.07) is 11.6. The lowest BCUT2D eigenvalue weighted by molar-refractivity contribution is -0.131. The molecule has 0 spiro atoms. The van der Waals surface area contributed by atoms with E-state index in [2.05, 4.69) is 0 Å². The lowest BCUT2D eigenvalue weighted by Gasteiger charge is -2.35. The molecule has 2 N–H and O–H groups in total. The molecule has 2 aromatic carbocycles. The molecule has 2 fully saturated rings. The van der Waals surface area contributed by atoms with Crippen molar-refractivity contribution in [1.82, 2.24) is 9.80 Å². The average Bonchev–Trinajstić information content (AvgIpc) is 2.84. The van der Waals surface area contributed by atoms with Crippen LogP contribution < -0.4 is 4.74 Å². The largest absolute Gasteiger partial charge is 0.508 e. The van der Waals surface area contributed by atoms with Crippen LogP contribution in [0.2, 0.25) is 0 Å². The number of ether oxygens (including phenoxy) is 1. The predicted molar refractivity (Wildman–Crippen MR) is 129 cm³/mol. The monoisotopic (exact) mass is 466 g/mol. The number of piperazine rings is 1. The van der Waals surface area contributed by atoms with Crippen LogP contribution in [-0.4, -0.2) is 64.6 Å². The molecule has 2 amide bonds. The zero-order valence-electron chi connectivity index (χ0n) is 19.6. The van der Waals surface area contributed by atoms with Crippen molar-refractivity contribution in [1.29, 1.82) is 0 Å². The van der Waals surface area contributed by atoms with E-state index in [9.17, 15) is 19.8 Å². The van der Waals surface area contributed by atoms with Gasteiger partial charge in [0, 0.05) is 37.8 Å². The van der Waals surface area contributed by atoms with E-state index >= 15 is 0 Å². The molecule has 0 unspecified atom stereocenters. The van der Waals surface area contributed by atoms with Gasteiger partial charge >= 0.3 is 0 Å². The first-order chi connectivity index (χ1) is 16.5. The summed E-state index contributed by atoms with van der Waals surface area (Å²) in [5.74, 6) is 1.20. The third-order valence-corrected chi connectivity index (χ3v) is 6.84. The molecule has 1 aliphatic heterocycles. The molecule has 7 nitrogen and oxygen atoms in total. The van der Waals surface area contributed by atoms with E-state index < -0.39 is 0 Å². The standard InChI is InChI=1S/C27H34N2O5/c30-23-15-21(16-24(31)19-23)17-26(32)28-10-12-29(13-11-28)27(33)22-7-4-8-25(18-22)34-14-9-20-5-2-1-3-6-20/h4,7-8,15-16,18-20,30-31H,1-3,5-6,9-14,17H2. The van der Waals surface area contributed by atoms with E-state index in [1.54, 1.807) is 9.80 Å². The highest BCUT2D eigenvalue weighted by Gasteiger charge is 2.25. The maximum Gasteiger partial charge on any atom is 0.254 e. The number of carbonyl (C=O) groups is 2. The summed E-state index contributed by atoms with van der Waals surface area (Å²) in [6.07, 6.45) is 7.76. The fourth-order valence-corrected chi connectivity index (χ4v) is 4.92. The number of rotatable bonds is 7. The molecule has 182 valence electrons. The molecule has 0 radical (unpaired) electrons. The topological polar surface area (TPSA) is 90.3 Å². The highest BCUT2D eigenvalue weighted by molar-refractivity contribution is 5.94. The molecular formula is C27H34N2O5. The smallest absolute Gasteiger partial charge is 0.254 e. The number of hydrogen-bond acceptors (Lipinski definition) is 5. The molecule has 0 bridgehead atoms. The van der Waals surface area contributed by atoms with Crippen molar-refractivity contribution in [3.63, 3.8) is 0 Å². The molecule has 34 heavy (non-hydrogen) atoms. The summed E-state index contributed by atoms with van der Waals surface area (Å²) in [7, 11) is 0. The van der Waals surface area contributed by atoms with Crippen molar-refractivity contribution in [3.8, 4) is 17.2 Å². The minimum absolute atomic E-state index is 0.0530. The fourth-order valence-electron chi connectivity index (χ4n) is 4.92. The van der Waals surface area contributed by atoms with E-state index in [1.807, 2.05) is 24.3 Å². The summed E-state index contributed by atoms with van der Waals surface area (Å²) in [6.45, 7) is 2.51. The highest BCUT2D eigenvalue weighted by Crippen LogP contribution is 2.27. The number of aromatic hydroxyl groups is 2. The number of nitrogens with zero attached hydrogens (tertiary/aromatic N) is 2. The van der Waals surface area contributed by atoms with Gasteiger partial charge in [-0.2, -0.15) is 0 Å². The van der Waals surface area contributed by atoms with Crippen LogP contribution in [0.15, 0.2) is 42.5 Å². The Hall–Kier alpha value is -3.22. The van der Waals surface area contributed by atoms with Gasteiger partial charge in [-0.15, -0.1) is 0 Å². The van der Waals surface area contributed by atoms with Crippen LogP contribution in [0.4, 0.5) is 0 Å². The van der Waals surface area contributed by atoms with Gasteiger partial charge in [-0.3, -0.25) is 9.59 Å². The molecule has 1 heterocycles. The highest BCUT2D eigenvalue weighted by atomic mass is 16.5. The number of amides is 2. The Bertz CT molecular complexity index is 974. The number of phenols is 2. The molecule has 7 heteroatoms. The van der Waals surface area contributed by atoms with E-state index in [0.29, 0.717) is 43.9 Å². The number of carbonyl (C=O) groups excluding carboxylic acids is 2. The van der Waals surface area contributed by atoms with Gasteiger partial charge in [0.1, 0.15) is 17.2 Å². The minimum Gasteiger partial charge on any atom is -0.508 e. The minimum atomic E-state index is -0.0922. The Morgan fingerprint density at radius 3 is 2.26 bits per heavy atom. The van der Waals surface area contributed by atoms with Gasteiger partial charge in [0.15, 0.2) is 0 Å². The first-order valence-corrected chi connectivity index (χ1v) is 12.3. The van der Waals surface area contributed by atoms with Gasteiger partial charge in [-0.05, 0) is 48.2 Å². The van der Waals surface area contributed by atoms with Gasteiger partial charge in [0.25, 0.3) is 5.91 Å². The number of phenolic OH excluding ortho intramolecular Hbond substituents is 2. The SMILES string of the molecule is O=C(Cc1cc(O)cc(O)c1)N1CCN(C(=O)c2cccc(OCCC3CCCCC3)c2)CC1. The lowest BCUT2D eigenvalue weighted by atomic mass is 9.87. The first-order valence-electron chi connectivity index (χ1n) is 12.3. The van der Waals surface area contributed by atoms with Gasteiger partial charge in [-0.25, -0.2) is 0 Å². The predicted octanol–water partition coefficient (Wildman–Crippen LogP) is 3.97. The van der Waals surface area contributed by atoms with Crippen molar-refractivity contribution >= 4 is 11.8 Å². The first kappa shape index (κ1) is 23.9. The zero-order valence-corrected chi connectivity index (χ0v) is 19.6. The van der Waals surface area contributed by atoms with Crippen molar-refractivity contribution in [3.05, 3.63) is 53.6 Å². The Balaban J connectivity index is 1.25. The summed E-state index contributed by atoms with van der Waals surface area (Å²) >= 11 is 0. The maximum absolute atomic E-state index is 13.0. The van der Waals surface area contributed by atoms with E-state index in [0.717, 1.165) is 18.1 Å². The van der Waals surface area contributed by atoms with Crippen molar-refractivity contribution < 1.29 is 24.5 Å². The van der Waals surface area contributed by atoms with Gasteiger partial charge in [0.05, 0.1) is 13.0 Å². The molecule has 4 rings (SSSR count). The third-order valence-electron chi connectivity index (χ3n) is 6.84. The van der Waals surface area contributed by atoms with Gasteiger partial charge in [0.2, 0.25) is 5.91 Å². The van der Waals surface area contributed by atoms with Crippen LogP contribution in [0.5, 0.6) is 17.2 Å². The molecule has 2 aliphatic rings. The van der Waals surface area contributed by atoms with E-state index in [1.165, 1.54) is 50.3 Å². The molecule has 0 atom stereocenters. The van der Waals surface area contributed by atoms with Crippen molar-refractivity contribution in [2.24, 2.45) is 5.92 Å².